The third-order valence-corrected chi connectivity index (χ3v) is 11.4. The number of fused-ring (bicyclic) bond motifs is 6. The van der Waals surface area contributed by atoms with Gasteiger partial charge in [0.15, 0.2) is 0 Å². The molecule has 2 unspecified atom stereocenters. The standard InChI is InChI=1S/C50H39N3/c1-50(2)42-26-14-13-24-41(42)45-36(25-15-27-43(45)50)32-28-30-33(31-29-32)44-39-22-11-9-20-37(39)38-21-10-12-23-40(38)46(44)49-52-47(34-16-5-3-6-17-34)51-48(53-49)35-18-7-4-8-19-35/h3-31,47,49,52H,1-2H3,(H,51,53). The van der Waals surface area contributed by atoms with Crippen LogP contribution < -0.4 is 10.6 Å². The minimum absolute atomic E-state index is 0.0414. The predicted molar refractivity (Wildman–Crippen MR) is 221 cm³/mol. The summed E-state index contributed by atoms with van der Waals surface area (Å²) < 4.78 is 0. The summed E-state index contributed by atoms with van der Waals surface area (Å²) in [5, 5.41) is 12.7. The Morgan fingerprint density at radius 3 is 1.77 bits per heavy atom. The first-order valence-electron chi connectivity index (χ1n) is 18.5. The van der Waals surface area contributed by atoms with E-state index in [0.29, 0.717) is 0 Å². The van der Waals surface area contributed by atoms with Crippen molar-refractivity contribution < 1.29 is 0 Å². The Balaban J connectivity index is 1.17. The lowest BCUT2D eigenvalue weighted by Gasteiger charge is -2.34. The molecular weight excluding hydrogens is 643 g/mol. The number of nitrogens with one attached hydrogen (secondary N) is 2. The predicted octanol–water partition coefficient (Wildman–Crippen LogP) is 12.0. The summed E-state index contributed by atoms with van der Waals surface area (Å²) in [6.45, 7) is 4.70. The zero-order valence-corrected chi connectivity index (χ0v) is 29.8. The fraction of sp³-hybridized carbons (Fsp3) is 0.100. The van der Waals surface area contributed by atoms with Crippen LogP contribution in [-0.4, -0.2) is 5.84 Å². The Labute approximate surface area is 310 Å². The Morgan fingerprint density at radius 2 is 1.02 bits per heavy atom. The van der Waals surface area contributed by atoms with Crippen molar-refractivity contribution in [3.8, 4) is 33.4 Å². The fourth-order valence-electron chi connectivity index (χ4n) is 8.85. The summed E-state index contributed by atoms with van der Waals surface area (Å²) >= 11 is 0. The summed E-state index contributed by atoms with van der Waals surface area (Å²) in [5.41, 5.74) is 13.8. The first-order valence-corrected chi connectivity index (χ1v) is 18.5. The van der Waals surface area contributed by atoms with Gasteiger partial charge in [0.2, 0.25) is 0 Å². The third kappa shape index (κ3) is 5.11. The van der Waals surface area contributed by atoms with Gasteiger partial charge < -0.3 is 5.32 Å². The van der Waals surface area contributed by atoms with Crippen molar-refractivity contribution in [2.24, 2.45) is 4.99 Å². The van der Waals surface area contributed by atoms with Gasteiger partial charge in [-0.05, 0) is 71.6 Å². The molecule has 8 aromatic carbocycles. The van der Waals surface area contributed by atoms with E-state index in [9.17, 15) is 0 Å². The number of nitrogens with zero attached hydrogens (tertiary/aromatic N) is 1. The van der Waals surface area contributed by atoms with Crippen LogP contribution in [0.15, 0.2) is 181 Å². The topological polar surface area (TPSA) is 36.4 Å². The van der Waals surface area contributed by atoms with Crippen molar-refractivity contribution in [1.82, 2.24) is 10.6 Å². The van der Waals surface area contributed by atoms with Gasteiger partial charge in [0.05, 0.1) is 0 Å². The van der Waals surface area contributed by atoms with E-state index in [1.54, 1.807) is 0 Å². The molecule has 0 saturated carbocycles. The lowest BCUT2D eigenvalue weighted by molar-refractivity contribution is 0.412. The van der Waals surface area contributed by atoms with E-state index in [-0.39, 0.29) is 17.7 Å². The quantitative estimate of drug-likeness (QED) is 0.177. The first-order chi connectivity index (χ1) is 26.1. The molecule has 53 heavy (non-hydrogen) atoms. The molecule has 0 amide bonds. The molecule has 0 fully saturated rings. The van der Waals surface area contributed by atoms with E-state index in [1.165, 1.54) is 71.6 Å². The zero-order chi connectivity index (χ0) is 35.5. The second kappa shape index (κ2) is 12.4. The van der Waals surface area contributed by atoms with Crippen LogP contribution in [0.1, 0.15) is 54.0 Å². The molecule has 1 aliphatic heterocycles. The lowest BCUT2D eigenvalue weighted by Crippen LogP contribution is -2.45. The summed E-state index contributed by atoms with van der Waals surface area (Å²) in [7, 11) is 0. The van der Waals surface area contributed by atoms with Crippen molar-refractivity contribution in [1.29, 1.82) is 0 Å². The van der Waals surface area contributed by atoms with Gasteiger partial charge in [-0.2, -0.15) is 0 Å². The van der Waals surface area contributed by atoms with Crippen molar-refractivity contribution in [3.05, 3.63) is 204 Å². The molecule has 0 radical (unpaired) electrons. The molecule has 3 nitrogen and oxygen atoms in total. The number of hydrogen-bond donors (Lipinski definition) is 2. The van der Waals surface area contributed by atoms with Gasteiger partial charge in [-0.3, -0.25) is 5.32 Å². The van der Waals surface area contributed by atoms with E-state index in [2.05, 4.69) is 200 Å². The number of rotatable bonds is 5. The zero-order valence-electron chi connectivity index (χ0n) is 29.8. The highest BCUT2D eigenvalue weighted by Crippen LogP contribution is 2.52. The van der Waals surface area contributed by atoms with Gasteiger partial charge in [-0.15, -0.1) is 0 Å². The molecule has 254 valence electrons. The average molecular weight is 682 g/mol. The minimum atomic E-state index is -0.231. The average Bonchev–Trinajstić information content (AvgIpc) is 3.47. The Morgan fingerprint density at radius 1 is 0.453 bits per heavy atom. The van der Waals surface area contributed by atoms with Gasteiger partial charge in [0.1, 0.15) is 18.2 Å². The molecule has 10 rings (SSSR count). The van der Waals surface area contributed by atoms with E-state index >= 15 is 0 Å². The van der Waals surface area contributed by atoms with Crippen LogP contribution in [-0.2, 0) is 5.41 Å². The molecule has 0 saturated heterocycles. The van der Waals surface area contributed by atoms with Crippen LogP contribution >= 0.6 is 0 Å². The second-order valence-electron chi connectivity index (χ2n) is 14.8. The highest BCUT2D eigenvalue weighted by molar-refractivity contribution is 6.16. The number of amidine groups is 1. The molecule has 0 bridgehead atoms. The Kier molecular flexibility index (Phi) is 7.38. The van der Waals surface area contributed by atoms with Crippen LogP contribution in [0.3, 0.4) is 0 Å². The molecule has 1 aliphatic carbocycles. The molecule has 0 spiro atoms. The molecule has 1 heterocycles. The van der Waals surface area contributed by atoms with Crippen molar-refractivity contribution in [2.45, 2.75) is 31.6 Å². The van der Waals surface area contributed by atoms with E-state index < -0.39 is 0 Å². The largest absolute Gasteiger partial charge is 0.350 e. The van der Waals surface area contributed by atoms with E-state index in [0.717, 1.165) is 17.0 Å². The second-order valence-corrected chi connectivity index (χ2v) is 14.8. The molecule has 2 aliphatic rings. The maximum absolute atomic E-state index is 5.24. The van der Waals surface area contributed by atoms with Gasteiger partial charge in [0, 0.05) is 16.5 Å². The molecule has 0 aromatic heterocycles. The number of benzene rings is 8. The highest BCUT2D eigenvalue weighted by Gasteiger charge is 2.36. The SMILES string of the molecule is CC1(C)c2ccccc2-c2c(-c3ccc(-c4c(C5NC(c6ccccc6)=NC(c6ccccc6)N5)c5ccccc5c5ccccc45)cc3)cccc21. The van der Waals surface area contributed by atoms with Crippen LogP contribution in [0.25, 0.3) is 54.9 Å². The Hall–Kier alpha value is -6.29. The van der Waals surface area contributed by atoms with Crippen molar-refractivity contribution in [3.63, 3.8) is 0 Å². The first kappa shape index (κ1) is 31.4. The van der Waals surface area contributed by atoms with Crippen LogP contribution in [0.4, 0.5) is 0 Å². The van der Waals surface area contributed by atoms with Gasteiger partial charge in [-0.25, -0.2) is 4.99 Å². The summed E-state index contributed by atoms with van der Waals surface area (Å²) in [5.74, 6) is 0.878. The molecule has 2 atom stereocenters. The normalized spacial score (nSPS) is 17.2. The molecule has 2 N–H and O–H groups in total. The third-order valence-electron chi connectivity index (χ3n) is 11.4. The van der Waals surface area contributed by atoms with Crippen molar-refractivity contribution >= 4 is 27.4 Å². The van der Waals surface area contributed by atoms with E-state index in [4.69, 9.17) is 4.99 Å². The molecule has 8 aromatic rings. The fourth-order valence-corrected chi connectivity index (χ4v) is 8.85. The van der Waals surface area contributed by atoms with E-state index in [1.807, 2.05) is 0 Å². The minimum Gasteiger partial charge on any atom is -0.350 e. The summed E-state index contributed by atoms with van der Waals surface area (Å²) in [6, 6.07) is 63.7. The van der Waals surface area contributed by atoms with Gasteiger partial charge >= 0.3 is 0 Å². The van der Waals surface area contributed by atoms with Gasteiger partial charge in [0.25, 0.3) is 0 Å². The molecule has 3 heteroatoms. The number of aliphatic imine (C=N–C) groups is 1. The summed E-state index contributed by atoms with van der Waals surface area (Å²) in [4.78, 5) is 5.24. The smallest absolute Gasteiger partial charge is 0.131 e. The monoisotopic (exact) mass is 681 g/mol. The lowest BCUT2D eigenvalue weighted by atomic mass is 9.82. The van der Waals surface area contributed by atoms with Crippen LogP contribution in [0, 0.1) is 0 Å². The van der Waals surface area contributed by atoms with Crippen LogP contribution in [0.5, 0.6) is 0 Å². The maximum Gasteiger partial charge on any atom is 0.131 e. The van der Waals surface area contributed by atoms with Gasteiger partial charge in [-0.1, -0.05) is 190 Å². The van der Waals surface area contributed by atoms with Crippen LogP contribution in [0.2, 0.25) is 0 Å². The maximum atomic E-state index is 5.24. The molecular formula is C50H39N3. The summed E-state index contributed by atoms with van der Waals surface area (Å²) in [6.07, 6.45) is -0.460. The highest BCUT2D eigenvalue weighted by atomic mass is 15.3. The Bertz CT molecular complexity index is 2690. The van der Waals surface area contributed by atoms with Crippen molar-refractivity contribution in [2.75, 3.05) is 0 Å². The number of hydrogen-bond acceptors (Lipinski definition) is 3.